The number of carboxylic acids is 1. The lowest BCUT2D eigenvalue weighted by Crippen LogP contribution is -2.50. The maximum Gasteiger partial charge on any atom is 0.334 e. The summed E-state index contributed by atoms with van der Waals surface area (Å²) in [4.78, 5) is 40.4. The predicted octanol–water partition coefficient (Wildman–Crippen LogP) is 3.48. The summed E-state index contributed by atoms with van der Waals surface area (Å²) in [5, 5.41) is 20.5. The molecule has 8 nitrogen and oxygen atoms in total. The van der Waals surface area contributed by atoms with Gasteiger partial charge in [0.2, 0.25) is 0 Å². The number of carboxylic acid groups (broad SMARTS) is 1. The molecule has 1 atom stereocenters. The summed E-state index contributed by atoms with van der Waals surface area (Å²) in [6.45, 7) is 11.9. The molecule has 2 aliphatic rings. The van der Waals surface area contributed by atoms with Crippen LogP contribution in [0.15, 0.2) is 24.3 Å². The molecule has 1 saturated carbocycles. The number of carbonyl (C=O) groups excluding carboxylic acids is 2. The van der Waals surface area contributed by atoms with E-state index in [0.717, 1.165) is 37.8 Å². The molecular weight excluding hydrogens is 434 g/mol. The Labute approximate surface area is 202 Å². The standard InChI is InChI=1S/C26H39N3O5/c1-17(2)28-16-26(12-10-20(11-13-26)25(3,4)5)29(24(28)34)15-18-6-8-19(9-7-18)22(31)27-14-21(30)23(32)33/h6-9,17,20-21,30H,10-16H2,1-5H3,(H,27,31)(H,32,33). The highest BCUT2D eigenvalue weighted by atomic mass is 16.4. The topological polar surface area (TPSA) is 110 Å². The van der Waals surface area contributed by atoms with Crippen molar-refractivity contribution in [3.8, 4) is 0 Å². The largest absolute Gasteiger partial charge is 0.479 e. The number of urea groups is 1. The third-order valence-electron chi connectivity index (χ3n) is 7.58. The summed E-state index contributed by atoms with van der Waals surface area (Å²) in [6, 6.07) is 7.23. The number of carbonyl (C=O) groups is 3. The van der Waals surface area contributed by atoms with Crippen LogP contribution in [0, 0.1) is 11.3 Å². The van der Waals surface area contributed by atoms with Gasteiger partial charge in [-0.25, -0.2) is 9.59 Å². The molecular formula is C26H39N3O5. The molecule has 3 amide bonds. The van der Waals surface area contributed by atoms with Crippen molar-refractivity contribution in [3.63, 3.8) is 0 Å². The van der Waals surface area contributed by atoms with Crippen LogP contribution in [0.25, 0.3) is 0 Å². The van der Waals surface area contributed by atoms with Crippen molar-refractivity contribution in [3.05, 3.63) is 35.4 Å². The molecule has 188 valence electrons. The molecule has 1 heterocycles. The van der Waals surface area contributed by atoms with Crippen molar-refractivity contribution in [1.29, 1.82) is 0 Å². The summed E-state index contributed by atoms with van der Waals surface area (Å²) in [5.41, 5.74) is 1.42. The third-order valence-corrected chi connectivity index (χ3v) is 7.58. The van der Waals surface area contributed by atoms with E-state index in [1.165, 1.54) is 0 Å². The fraction of sp³-hybridized carbons (Fsp3) is 0.654. The second kappa shape index (κ2) is 9.94. The molecule has 1 aromatic carbocycles. The minimum absolute atomic E-state index is 0.0775. The van der Waals surface area contributed by atoms with Gasteiger partial charge < -0.3 is 25.3 Å². The SMILES string of the molecule is CC(C)N1CC2(CCC(C(C)(C)C)CC2)N(Cc2ccc(C(=O)NCC(O)C(=O)O)cc2)C1=O. The average Bonchev–Trinajstić information content (AvgIpc) is 3.03. The molecule has 3 N–H and O–H groups in total. The molecule has 1 aromatic rings. The predicted molar refractivity (Wildman–Crippen MR) is 129 cm³/mol. The van der Waals surface area contributed by atoms with E-state index in [1.54, 1.807) is 12.1 Å². The van der Waals surface area contributed by atoms with E-state index in [-0.39, 0.29) is 29.6 Å². The van der Waals surface area contributed by atoms with Crippen LogP contribution in [0.1, 0.15) is 76.2 Å². The molecule has 0 radical (unpaired) electrons. The monoisotopic (exact) mass is 473 g/mol. The Morgan fingerprint density at radius 1 is 1.15 bits per heavy atom. The summed E-state index contributed by atoms with van der Waals surface area (Å²) in [7, 11) is 0. The number of aliphatic carboxylic acids is 1. The fourth-order valence-corrected chi connectivity index (χ4v) is 5.24. The Bertz CT molecular complexity index is 898. The first-order chi connectivity index (χ1) is 15.8. The van der Waals surface area contributed by atoms with Crippen LogP contribution < -0.4 is 5.32 Å². The van der Waals surface area contributed by atoms with Crippen LogP contribution in [0.2, 0.25) is 0 Å². The minimum Gasteiger partial charge on any atom is -0.479 e. The first kappa shape index (κ1) is 26.0. The maximum atomic E-state index is 13.4. The number of amides is 3. The Morgan fingerprint density at radius 3 is 2.24 bits per heavy atom. The Morgan fingerprint density at radius 2 is 1.74 bits per heavy atom. The number of aliphatic hydroxyl groups excluding tert-OH is 1. The van der Waals surface area contributed by atoms with Gasteiger partial charge in [-0.3, -0.25) is 4.79 Å². The highest BCUT2D eigenvalue weighted by molar-refractivity contribution is 5.94. The van der Waals surface area contributed by atoms with Gasteiger partial charge in [0.1, 0.15) is 0 Å². The molecule has 3 rings (SSSR count). The summed E-state index contributed by atoms with van der Waals surface area (Å²) in [6.07, 6.45) is 2.58. The van der Waals surface area contributed by atoms with Gasteiger partial charge in [0.15, 0.2) is 6.10 Å². The molecule has 8 heteroatoms. The van der Waals surface area contributed by atoms with E-state index < -0.39 is 18.0 Å². The van der Waals surface area contributed by atoms with Gasteiger partial charge in [-0.2, -0.15) is 0 Å². The quantitative estimate of drug-likeness (QED) is 0.562. The lowest BCUT2D eigenvalue weighted by atomic mass is 9.67. The van der Waals surface area contributed by atoms with Gasteiger partial charge in [0, 0.05) is 24.7 Å². The summed E-state index contributed by atoms with van der Waals surface area (Å²) >= 11 is 0. The Hall–Kier alpha value is -2.61. The Balaban J connectivity index is 1.72. The zero-order valence-electron chi connectivity index (χ0n) is 21.0. The smallest absolute Gasteiger partial charge is 0.334 e. The summed E-state index contributed by atoms with van der Waals surface area (Å²) in [5.74, 6) is -1.18. The third kappa shape index (κ3) is 5.54. The first-order valence-electron chi connectivity index (χ1n) is 12.2. The normalized spacial score (nSPS) is 24.1. The molecule has 1 aliphatic carbocycles. The van der Waals surface area contributed by atoms with Gasteiger partial charge in [0.05, 0.1) is 12.1 Å². The summed E-state index contributed by atoms with van der Waals surface area (Å²) < 4.78 is 0. The number of hydrogen-bond acceptors (Lipinski definition) is 4. The van der Waals surface area contributed by atoms with Crippen molar-refractivity contribution in [2.24, 2.45) is 11.3 Å². The molecule has 0 aromatic heterocycles. The number of nitrogens with zero attached hydrogens (tertiary/aromatic N) is 2. The van der Waals surface area contributed by atoms with Gasteiger partial charge in [-0.15, -0.1) is 0 Å². The molecule has 0 bridgehead atoms. The first-order valence-corrected chi connectivity index (χ1v) is 12.2. The van der Waals surface area contributed by atoms with Crippen LogP contribution in [0.5, 0.6) is 0 Å². The van der Waals surface area contributed by atoms with Gasteiger partial charge in [-0.1, -0.05) is 32.9 Å². The van der Waals surface area contributed by atoms with Crippen molar-refractivity contribution < 1.29 is 24.6 Å². The van der Waals surface area contributed by atoms with E-state index in [9.17, 15) is 19.5 Å². The average molecular weight is 474 g/mol. The van der Waals surface area contributed by atoms with Gasteiger partial charge in [0.25, 0.3) is 5.91 Å². The van der Waals surface area contributed by atoms with E-state index in [0.29, 0.717) is 18.0 Å². The number of rotatable bonds is 7. The highest BCUT2D eigenvalue weighted by Crippen LogP contribution is 2.47. The lowest BCUT2D eigenvalue weighted by Gasteiger charge is -2.45. The zero-order chi connectivity index (χ0) is 25.3. The second-order valence-electron chi connectivity index (χ2n) is 11.2. The van der Waals surface area contributed by atoms with Crippen LogP contribution in [0.3, 0.4) is 0 Å². The second-order valence-corrected chi connectivity index (χ2v) is 11.2. The number of benzene rings is 1. The lowest BCUT2D eigenvalue weighted by molar-refractivity contribution is -0.146. The fourth-order valence-electron chi connectivity index (χ4n) is 5.24. The highest BCUT2D eigenvalue weighted by Gasteiger charge is 2.52. The minimum atomic E-state index is -1.64. The number of aliphatic hydroxyl groups is 1. The van der Waals surface area contributed by atoms with Gasteiger partial charge >= 0.3 is 12.0 Å². The van der Waals surface area contributed by atoms with E-state index in [2.05, 4.69) is 39.9 Å². The van der Waals surface area contributed by atoms with Crippen molar-refractivity contribution in [2.75, 3.05) is 13.1 Å². The Kier molecular flexibility index (Phi) is 7.60. The molecule has 34 heavy (non-hydrogen) atoms. The van der Waals surface area contributed by atoms with Crippen LogP contribution in [-0.4, -0.2) is 68.7 Å². The molecule has 1 saturated heterocycles. The van der Waals surface area contributed by atoms with E-state index in [4.69, 9.17) is 5.11 Å². The zero-order valence-corrected chi connectivity index (χ0v) is 21.0. The van der Waals surface area contributed by atoms with Crippen LogP contribution in [0.4, 0.5) is 4.79 Å². The van der Waals surface area contributed by atoms with Crippen molar-refractivity contribution in [2.45, 2.75) is 84.5 Å². The van der Waals surface area contributed by atoms with Crippen molar-refractivity contribution >= 4 is 17.9 Å². The number of nitrogens with one attached hydrogen (secondary N) is 1. The molecule has 1 unspecified atom stereocenters. The van der Waals surface area contributed by atoms with E-state index >= 15 is 0 Å². The maximum absolute atomic E-state index is 13.4. The van der Waals surface area contributed by atoms with Gasteiger partial charge in [-0.05, 0) is 68.6 Å². The van der Waals surface area contributed by atoms with E-state index in [1.807, 2.05) is 21.9 Å². The van der Waals surface area contributed by atoms with Crippen LogP contribution >= 0.6 is 0 Å². The molecule has 1 spiro atoms. The molecule has 2 fully saturated rings. The molecule has 1 aliphatic heterocycles. The van der Waals surface area contributed by atoms with Crippen LogP contribution in [-0.2, 0) is 11.3 Å². The van der Waals surface area contributed by atoms with Crippen molar-refractivity contribution in [1.82, 2.24) is 15.1 Å². The number of hydrogen-bond donors (Lipinski definition) is 3.